The summed E-state index contributed by atoms with van der Waals surface area (Å²) < 4.78 is 17.3. The summed E-state index contributed by atoms with van der Waals surface area (Å²) in [5.41, 5.74) is 1.38. The van der Waals surface area contributed by atoms with Gasteiger partial charge in [-0.25, -0.2) is 0 Å². The second-order valence-electron chi connectivity index (χ2n) is 7.21. The van der Waals surface area contributed by atoms with E-state index >= 15 is 0 Å². The van der Waals surface area contributed by atoms with Crippen LogP contribution in [0.1, 0.15) is 5.56 Å². The van der Waals surface area contributed by atoms with Gasteiger partial charge in [0, 0.05) is 5.69 Å². The standard InChI is InChI=1S/C25H19NO5/c27-24-17(15-29-20-11-5-4-10-19(20)24)14-26(18-8-2-1-3-9-18)25(28)23-16-30-21-12-6-7-13-22(21)31-23/h1-13,15,23H,14,16H2/t23-/m0/s1. The van der Waals surface area contributed by atoms with E-state index in [2.05, 4.69) is 0 Å². The summed E-state index contributed by atoms with van der Waals surface area (Å²) in [6.45, 7) is 0.142. The van der Waals surface area contributed by atoms with E-state index < -0.39 is 6.10 Å². The lowest BCUT2D eigenvalue weighted by Crippen LogP contribution is -2.46. The summed E-state index contributed by atoms with van der Waals surface area (Å²) in [5.74, 6) is 0.826. The highest BCUT2D eigenvalue weighted by Gasteiger charge is 2.32. The van der Waals surface area contributed by atoms with Crippen LogP contribution in [0.4, 0.5) is 5.69 Å². The first-order chi connectivity index (χ1) is 15.2. The molecule has 1 aromatic heterocycles. The van der Waals surface area contributed by atoms with Gasteiger partial charge in [-0.1, -0.05) is 42.5 Å². The van der Waals surface area contributed by atoms with Crippen LogP contribution >= 0.6 is 0 Å². The number of nitrogens with zero attached hydrogens (tertiary/aromatic N) is 1. The molecule has 6 heteroatoms. The molecular formula is C25H19NO5. The largest absolute Gasteiger partial charge is 0.485 e. The Hall–Kier alpha value is -4.06. The van der Waals surface area contributed by atoms with Gasteiger partial charge in [-0.3, -0.25) is 9.59 Å². The quantitative estimate of drug-likeness (QED) is 0.502. The fourth-order valence-electron chi connectivity index (χ4n) is 3.62. The summed E-state index contributed by atoms with van der Waals surface area (Å²) in [7, 11) is 0. The van der Waals surface area contributed by atoms with Crippen molar-refractivity contribution in [1.29, 1.82) is 0 Å². The molecule has 3 aromatic carbocycles. The SMILES string of the molecule is O=C([C@@H]1COc2ccccc2O1)N(Cc1coc2ccccc2c1=O)c1ccccc1. The number of carbonyl (C=O) groups is 1. The molecule has 6 nitrogen and oxygen atoms in total. The normalized spacial score (nSPS) is 14.9. The minimum Gasteiger partial charge on any atom is -0.485 e. The molecule has 0 radical (unpaired) electrons. The van der Waals surface area contributed by atoms with E-state index in [0.29, 0.717) is 33.7 Å². The summed E-state index contributed by atoms with van der Waals surface area (Å²) >= 11 is 0. The maximum Gasteiger partial charge on any atom is 0.271 e. The number of anilines is 1. The molecule has 1 atom stereocenters. The highest BCUT2D eigenvalue weighted by atomic mass is 16.6. The van der Waals surface area contributed by atoms with Crippen LogP contribution in [0.15, 0.2) is 94.3 Å². The lowest BCUT2D eigenvalue weighted by Gasteiger charge is -2.30. The highest BCUT2D eigenvalue weighted by Crippen LogP contribution is 2.32. The number of hydrogen-bond donors (Lipinski definition) is 0. The average molecular weight is 413 g/mol. The Labute approximate surface area is 178 Å². The minimum absolute atomic E-state index is 0.0531. The van der Waals surface area contributed by atoms with E-state index in [1.807, 2.05) is 48.5 Å². The van der Waals surface area contributed by atoms with Crippen LogP contribution in [0.25, 0.3) is 11.0 Å². The van der Waals surface area contributed by atoms with Crippen molar-refractivity contribution in [2.45, 2.75) is 12.6 Å². The second-order valence-corrected chi connectivity index (χ2v) is 7.21. The fourth-order valence-corrected chi connectivity index (χ4v) is 3.62. The van der Waals surface area contributed by atoms with Gasteiger partial charge in [-0.2, -0.15) is 0 Å². The van der Waals surface area contributed by atoms with Crippen molar-refractivity contribution in [2.75, 3.05) is 11.5 Å². The number of fused-ring (bicyclic) bond motifs is 2. The van der Waals surface area contributed by atoms with Gasteiger partial charge in [0.1, 0.15) is 12.2 Å². The van der Waals surface area contributed by atoms with Gasteiger partial charge in [0.2, 0.25) is 6.10 Å². The van der Waals surface area contributed by atoms with E-state index in [1.165, 1.54) is 11.2 Å². The van der Waals surface area contributed by atoms with E-state index in [9.17, 15) is 9.59 Å². The topological polar surface area (TPSA) is 69.0 Å². The van der Waals surface area contributed by atoms with Crippen molar-refractivity contribution in [3.63, 3.8) is 0 Å². The zero-order chi connectivity index (χ0) is 21.2. The van der Waals surface area contributed by atoms with Crippen LogP contribution in [0.3, 0.4) is 0 Å². The maximum atomic E-state index is 13.5. The molecule has 1 amide bonds. The molecule has 0 spiro atoms. The van der Waals surface area contributed by atoms with E-state index in [0.717, 1.165) is 0 Å². The molecule has 0 aliphatic carbocycles. The number of para-hydroxylation sites is 4. The Morgan fingerprint density at radius 2 is 1.61 bits per heavy atom. The minimum atomic E-state index is -0.831. The monoisotopic (exact) mass is 413 g/mol. The Morgan fingerprint density at radius 1 is 0.903 bits per heavy atom. The van der Waals surface area contributed by atoms with Crippen LogP contribution in [-0.4, -0.2) is 18.6 Å². The van der Waals surface area contributed by atoms with Crippen LogP contribution < -0.4 is 19.8 Å². The number of ether oxygens (including phenoxy) is 2. The number of carbonyl (C=O) groups excluding carboxylic acids is 1. The van der Waals surface area contributed by atoms with Gasteiger partial charge in [-0.15, -0.1) is 0 Å². The van der Waals surface area contributed by atoms with Crippen LogP contribution in [0.2, 0.25) is 0 Å². The number of benzene rings is 3. The molecule has 154 valence electrons. The van der Waals surface area contributed by atoms with E-state index in [1.54, 1.807) is 30.3 Å². The highest BCUT2D eigenvalue weighted by molar-refractivity contribution is 5.97. The second kappa shape index (κ2) is 7.99. The van der Waals surface area contributed by atoms with Crippen molar-refractivity contribution in [3.8, 4) is 11.5 Å². The third-order valence-electron chi connectivity index (χ3n) is 5.20. The lowest BCUT2D eigenvalue weighted by atomic mass is 10.1. The number of rotatable bonds is 4. The van der Waals surface area contributed by atoms with Crippen LogP contribution in [0.5, 0.6) is 11.5 Å². The van der Waals surface area contributed by atoms with Gasteiger partial charge < -0.3 is 18.8 Å². The van der Waals surface area contributed by atoms with Gasteiger partial charge >= 0.3 is 0 Å². The first-order valence-electron chi connectivity index (χ1n) is 9.95. The molecule has 4 aromatic rings. The molecule has 0 bridgehead atoms. The fraction of sp³-hybridized carbons (Fsp3) is 0.120. The lowest BCUT2D eigenvalue weighted by molar-refractivity contribution is -0.127. The summed E-state index contributed by atoms with van der Waals surface area (Å²) in [4.78, 5) is 28.0. The third kappa shape index (κ3) is 3.64. The molecule has 0 unspecified atom stereocenters. The zero-order valence-electron chi connectivity index (χ0n) is 16.6. The van der Waals surface area contributed by atoms with E-state index in [-0.39, 0.29) is 24.5 Å². The first-order valence-corrected chi connectivity index (χ1v) is 9.95. The Morgan fingerprint density at radius 3 is 2.45 bits per heavy atom. The smallest absolute Gasteiger partial charge is 0.271 e. The summed E-state index contributed by atoms with van der Waals surface area (Å²) in [6.07, 6.45) is 0.587. The number of hydrogen-bond acceptors (Lipinski definition) is 5. The Bertz CT molecular complexity index is 1300. The molecule has 2 heterocycles. The van der Waals surface area contributed by atoms with Crippen molar-refractivity contribution in [1.82, 2.24) is 0 Å². The summed E-state index contributed by atoms with van der Waals surface area (Å²) in [5, 5.41) is 0.478. The Balaban J connectivity index is 1.49. The Kier molecular flexibility index (Phi) is 4.88. The predicted octanol–water partition coefficient (Wildman–Crippen LogP) is 4.17. The molecule has 1 aliphatic heterocycles. The molecule has 1 aliphatic rings. The molecule has 0 N–H and O–H groups in total. The predicted molar refractivity (Wildman–Crippen MR) is 116 cm³/mol. The zero-order valence-corrected chi connectivity index (χ0v) is 16.6. The average Bonchev–Trinajstić information content (AvgIpc) is 2.84. The molecule has 0 saturated heterocycles. The van der Waals surface area contributed by atoms with Crippen molar-refractivity contribution in [2.24, 2.45) is 0 Å². The first kappa shape index (κ1) is 18.9. The van der Waals surface area contributed by atoms with Crippen molar-refractivity contribution < 1.29 is 18.7 Å². The van der Waals surface area contributed by atoms with Crippen molar-refractivity contribution in [3.05, 3.63) is 101 Å². The van der Waals surface area contributed by atoms with Gasteiger partial charge in [-0.05, 0) is 36.4 Å². The van der Waals surface area contributed by atoms with Crippen LogP contribution in [-0.2, 0) is 11.3 Å². The van der Waals surface area contributed by atoms with E-state index in [4.69, 9.17) is 13.9 Å². The van der Waals surface area contributed by atoms with Gasteiger partial charge in [0.15, 0.2) is 16.9 Å². The third-order valence-corrected chi connectivity index (χ3v) is 5.20. The summed E-state index contributed by atoms with van der Waals surface area (Å²) in [6, 6.07) is 23.5. The maximum absolute atomic E-state index is 13.5. The van der Waals surface area contributed by atoms with Gasteiger partial charge in [0.05, 0.1) is 23.8 Å². The van der Waals surface area contributed by atoms with Gasteiger partial charge in [0.25, 0.3) is 5.91 Å². The molecular weight excluding hydrogens is 394 g/mol. The molecule has 5 rings (SSSR count). The molecule has 0 saturated carbocycles. The van der Waals surface area contributed by atoms with Crippen molar-refractivity contribution >= 4 is 22.6 Å². The molecule has 0 fully saturated rings. The molecule has 31 heavy (non-hydrogen) atoms. The van der Waals surface area contributed by atoms with Crippen LogP contribution in [0, 0.1) is 0 Å². The number of amides is 1.